The molecule has 1 rings (SSSR count). The minimum Gasteiger partial charge on any atom is -0.444 e. The predicted octanol–water partition coefficient (Wildman–Crippen LogP) is 5.21. The van der Waals surface area contributed by atoms with Crippen LogP contribution in [-0.4, -0.2) is 23.5 Å². The number of rotatable bonds is 4. The normalized spacial score (nSPS) is 12.7. The third-order valence-electron chi connectivity index (χ3n) is 2.73. The highest BCUT2D eigenvalue weighted by atomic mass is 16.7. The van der Waals surface area contributed by atoms with Gasteiger partial charge < -0.3 is 14.2 Å². The van der Waals surface area contributed by atoms with Gasteiger partial charge >= 0.3 is 12.2 Å². The maximum atomic E-state index is 12.0. The van der Waals surface area contributed by atoms with Crippen LogP contribution in [0.4, 0.5) is 15.3 Å². The molecule has 1 atom stereocenters. The lowest BCUT2D eigenvalue weighted by Crippen LogP contribution is -2.28. The number of amides is 1. The molecule has 6 nitrogen and oxygen atoms in total. The maximum absolute atomic E-state index is 12.0. The molecule has 0 aliphatic rings. The highest BCUT2D eigenvalue weighted by Gasteiger charge is 2.23. The van der Waals surface area contributed by atoms with Gasteiger partial charge in [0, 0.05) is 5.56 Å². The molecular weight excluding hydrogens is 322 g/mol. The molecule has 0 aliphatic carbocycles. The monoisotopic (exact) mass is 349 g/mol. The molecule has 1 N–H and O–H groups in total. The first-order valence-electron chi connectivity index (χ1n) is 8.02. The second-order valence-corrected chi connectivity index (χ2v) is 7.45. The van der Waals surface area contributed by atoms with Crippen LogP contribution in [0.3, 0.4) is 0 Å². The Bertz CT molecular complexity index is 625. The zero-order valence-corrected chi connectivity index (χ0v) is 15.7. The molecule has 1 aromatic carbocycles. The van der Waals surface area contributed by atoms with Gasteiger partial charge in [0.15, 0.2) is 6.10 Å². The molecule has 0 saturated heterocycles. The summed E-state index contributed by atoms with van der Waals surface area (Å²) in [6, 6.07) is 6.94. The van der Waals surface area contributed by atoms with Crippen LogP contribution >= 0.6 is 0 Å². The van der Waals surface area contributed by atoms with E-state index in [1.54, 1.807) is 65.8 Å². The van der Waals surface area contributed by atoms with E-state index in [-0.39, 0.29) is 0 Å². The van der Waals surface area contributed by atoms with Gasteiger partial charge in [-0.3, -0.25) is 5.32 Å². The van der Waals surface area contributed by atoms with Crippen molar-refractivity contribution in [1.29, 1.82) is 0 Å². The van der Waals surface area contributed by atoms with Crippen molar-refractivity contribution in [3.63, 3.8) is 0 Å². The van der Waals surface area contributed by atoms with Crippen LogP contribution in [0.25, 0.3) is 0 Å². The average molecular weight is 349 g/mol. The smallest absolute Gasteiger partial charge is 0.444 e. The number of hydrogen-bond donors (Lipinski definition) is 1. The maximum Gasteiger partial charge on any atom is 0.509 e. The first-order valence-corrected chi connectivity index (χ1v) is 8.02. The van der Waals surface area contributed by atoms with E-state index in [1.807, 2.05) is 0 Å². The van der Waals surface area contributed by atoms with Gasteiger partial charge in [0.05, 0.1) is 5.69 Å². The number of nitrogens with one attached hydrogen (secondary N) is 1. The van der Waals surface area contributed by atoms with Crippen LogP contribution < -0.4 is 5.32 Å². The lowest BCUT2D eigenvalue weighted by Gasteiger charge is -2.23. The van der Waals surface area contributed by atoms with E-state index in [9.17, 15) is 9.59 Å². The topological polar surface area (TPSA) is 73.9 Å². The van der Waals surface area contributed by atoms with Crippen molar-refractivity contribution in [3.8, 4) is 0 Å². The van der Waals surface area contributed by atoms with Crippen molar-refractivity contribution in [3.05, 3.63) is 42.5 Å². The molecule has 0 bridgehead atoms. The van der Waals surface area contributed by atoms with E-state index in [0.29, 0.717) is 11.3 Å². The molecule has 1 aromatic rings. The minimum atomic E-state index is -0.815. The molecule has 0 heterocycles. The van der Waals surface area contributed by atoms with Gasteiger partial charge in [0.2, 0.25) is 0 Å². The van der Waals surface area contributed by atoms with Gasteiger partial charge in [-0.25, -0.2) is 9.59 Å². The van der Waals surface area contributed by atoms with Gasteiger partial charge in [0.25, 0.3) is 0 Å². The molecule has 0 fully saturated rings. The van der Waals surface area contributed by atoms with Crippen molar-refractivity contribution in [1.82, 2.24) is 0 Å². The Morgan fingerprint density at radius 3 is 2.12 bits per heavy atom. The lowest BCUT2D eigenvalue weighted by molar-refractivity contribution is -0.0186. The second kappa shape index (κ2) is 8.05. The molecule has 25 heavy (non-hydrogen) atoms. The summed E-state index contributed by atoms with van der Waals surface area (Å²) in [4.78, 5) is 23.9. The molecule has 1 unspecified atom stereocenters. The first kappa shape index (κ1) is 20.5. The largest absolute Gasteiger partial charge is 0.509 e. The number of ether oxygens (including phenoxy) is 3. The lowest BCUT2D eigenvalue weighted by atomic mass is 10.1. The summed E-state index contributed by atoms with van der Waals surface area (Å²) in [5, 5.41) is 2.66. The highest BCUT2D eigenvalue weighted by molar-refractivity contribution is 5.86. The Morgan fingerprint density at radius 2 is 1.60 bits per heavy atom. The summed E-state index contributed by atoms with van der Waals surface area (Å²) >= 11 is 0. The van der Waals surface area contributed by atoms with Crippen LogP contribution in [0.15, 0.2) is 36.9 Å². The average Bonchev–Trinajstić information content (AvgIpc) is 2.41. The number of carbonyl (C=O) groups excluding carboxylic acids is 2. The van der Waals surface area contributed by atoms with Crippen molar-refractivity contribution in [2.45, 2.75) is 58.8 Å². The summed E-state index contributed by atoms with van der Waals surface area (Å²) in [6.07, 6.45) is -0.732. The van der Waals surface area contributed by atoms with E-state index in [1.165, 1.54) is 6.08 Å². The molecule has 6 heteroatoms. The number of para-hydroxylation sites is 1. The Kier molecular flexibility index (Phi) is 6.62. The molecule has 0 aliphatic heterocycles. The zero-order chi connectivity index (χ0) is 19.3. The summed E-state index contributed by atoms with van der Waals surface area (Å²) in [6.45, 7) is 14.2. The fourth-order valence-electron chi connectivity index (χ4n) is 1.89. The quantitative estimate of drug-likeness (QED) is 0.596. The molecule has 0 spiro atoms. The van der Waals surface area contributed by atoms with E-state index >= 15 is 0 Å². The molecule has 0 aromatic heterocycles. The predicted molar refractivity (Wildman–Crippen MR) is 96.6 cm³/mol. The van der Waals surface area contributed by atoms with Crippen LogP contribution in [-0.2, 0) is 14.2 Å². The van der Waals surface area contributed by atoms with Crippen molar-refractivity contribution in [2.24, 2.45) is 0 Å². The van der Waals surface area contributed by atoms with Crippen LogP contribution in [0.2, 0.25) is 0 Å². The molecule has 138 valence electrons. The Morgan fingerprint density at radius 1 is 1.04 bits per heavy atom. The third kappa shape index (κ3) is 7.74. The van der Waals surface area contributed by atoms with E-state index < -0.39 is 29.6 Å². The SMILES string of the molecule is C=CC(OC(=O)OC(C)(C)C)c1ccccc1NC(=O)OC(C)(C)C. The summed E-state index contributed by atoms with van der Waals surface area (Å²) in [5.74, 6) is 0. The third-order valence-corrected chi connectivity index (χ3v) is 2.73. The van der Waals surface area contributed by atoms with Gasteiger partial charge in [-0.15, -0.1) is 0 Å². The standard InChI is InChI=1S/C19H27NO5/c1-8-15(23-17(22)25-19(5,6)7)13-11-9-10-12-14(13)20-16(21)24-18(2,3)4/h8-12,15H,1H2,2-7H3,(H,20,21). The Labute approximate surface area is 149 Å². The van der Waals surface area contributed by atoms with Crippen molar-refractivity contribution >= 4 is 17.9 Å². The summed E-state index contributed by atoms with van der Waals surface area (Å²) in [5.41, 5.74) is -0.263. The van der Waals surface area contributed by atoms with Gasteiger partial charge in [-0.1, -0.05) is 24.8 Å². The molecular formula is C19H27NO5. The fourth-order valence-corrected chi connectivity index (χ4v) is 1.89. The zero-order valence-electron chi connectivity index (χ0n) is 15.7. The van der Waals surface area contributed by atoms with E-state index in [2.05, 4.69) is 11.9 Å². The molecule has 0 radical (unpaired) electrons. The van der Waals surface area contributed by atoms with Crippen molar-refractivity contribution in [2.75, 3.05) is 5.32 Å². The van der Waals surface area contributed by atoms with Gasteiger partial charge in [0.1, 0.15) is 11.2 Å². The van der Waals surface area contributed by atoms with Gasteiger partial charge in [-0.05, 0) is 53.7 Å². The Balaban J connectivity index is 2.94. The van der Waals surface area contributed by atoms with Crippen molar-refractivity contribution < 1.29 is 23.8 Å². The first-order chi connectivity index (χ1) is 11.4. The highest BCUT2D eigenvalue weighted by Crippen LogP contribution is 2.28. The fraction of sp³-hybridized carbons (Fsp3) is 0.474. The number of carbonyl (C=O) groups is 2. The van der Waals surface area contributed by atoms with E-state index in [0.717, 1.165) is 0 Å². The van der Waals surface area contributed by atoms with Crippen LogP contribution in [0.1, 0.15) is 53.2 Å². The summed E-state index contributed by atoms with van der Waals surface area (Å²) in [7, 11) is 0. The number of hydrogen-bond acceptors (Lipinski definition) is 5. The molecule has 0 saturated carbocycles. The van der Waals surface area contributed by atoms with Crippen LogP contribution in [0, 0.1) is 0 Å². The van der Waals surface area contributed by atoms with E-state index in [4.69, 9.17) is 14.2 Å². The molecule has 1 amide bonds. The minimum absolute atomic E-state index is 0.463. The van der Waals surface area contributed by atoms with Gasteiger partial charge in [-0.2, -0.15) is 0 Å². The number of anilines is 1. The second-order valence-electron chi connectivity index (χ2n) is 7.45. The van der Waals surface area contributed by atoms with Crippen LogP contribution in [0.5, 0.6) is 0 Å². The Hall–Kier alpha value is -2.50. The summed E-state index contributed by atoms with van der Waals surface area (Å²) < 4.78 is 15.7. The number of benzene rings is 1.